The average Bonchev–Trinajstić information content (AvgIpc) is 3.53. The van der Waals surface area contributed by atoms with Gasteiger partial charge in [-0.15, -0.1) is 0 Å². The van der Waals surface area contributed by atoms with E-state index in [1.807, 2.05) is 25.1 Å². The molecule has 2 aromatic rings. The van der Waals surface area contributed by atoms with E-state index in [4.69, 9.17) is 0 Å². The Balaban J connectivity index is 1.57. The van der Waals surface area contributed by atoms with Gasteiger partial charge in [0.05, 0.1) is 12.2 Å². The van der Waals surface area contributed by atoms with Crippen molar-refractivity contribution in [2.75, 3.05) is 25.0 Å². The fraction of sp³-hybridized carbons (Fsp3) is 0.548. The topological polar surface area (TPSA) is 102 Å². The van der Waals surface area contributed by atoms with Crippen molar-refractivity contribution in [1.82, 2.24) is 20.0 Å². The molecule has 0 bridgehead atoms. The molecule has 1 fully saturated rings. The maximum atomic E-state index is 13.7. The van der Waals surface area contributed by atoms with E-state index >= 15 is 0 Å². The van der Waals surface area contributed by atoms with Crippen LogP contribution in [0.5, 0.6) is 5.75 Å². The molecule has 8 heteroatoms. The summed E-state index contributed by atoms with van der Waals surface area (Å²) in [5.74, 6) is -0.0569. The fourth-order valence-electron chi connectivity index (χ4n) is 5.29. The molecule has 0 unspecified atom stereocenters. The summed E-state index contributed by atoms with van der Waals surface area (Å²) >= 11 is 0. The van der Waals surface area contributed by atoms with Crippen molar-refractivity contribution in [1.29, 1.82) is 0 Å². The molecule has 212 valence electrons. The summed E-state index contributed by atoms with van der Waals surface area (Å²) in [6.45, 7) is 14.3. The van der Waals surface area contributed by atoms with Crippen LogP contribution in [-0.4, -0.2) is 50.9 Å². The summed E-state index contributed by atoms with van der Waals surface area (Å²) in [6.07, 6.45) is 9.51. The lowest BCUT2D eigenvalue weighted by molar-refractivity contribution is -0.112. The summed E-state index contributed by atoms with van der Waals surface area (Å²) in [4.78, 5) is 29.3. The van der Waals surface area contributed by atoms with E-state index in [9.17, 15) is 14.7 Å². The monoisotopic (exact) mass is 535 g/mol. The second-order valence-corrected chi connectivity index (χ2v) is 11.8. The molecule has 4 N–H and O–H groups in total. The summed E-state index contributed by atoms with van der Waals surface area (Å²) < 4.78 is 1.71. The van der Waals surface area contributed by atoms with E-state index in [1.54, 1.807) is 4.68 Å². The van der Waals surface area contributed by atoms with Crippen molar-refractivity contribution in [3.63, 3.8) is 0 Å². The quantitative estimate of drug-likeness (QED) is 0.325. The molecular weight excluding hydrogens is 490 g/mol. The smallest absolute Gasteiger partial charge is 0.270 e. The third-order valence-corrected chi connectivity index (χ3v) is 7.65. The van der Waals surface area contributed by atoms with Crippen LogP contribution < -0.4 is 16.2 Å². The van der Waals surface area contributed by atoms with Gasteiger partial charge >= 0.3 is 0 Å². The zero-order chi connectivity index (χ0) is 28.2. The number of likely N-dealkylation sites (tertiary alicyclic amines) is 1. The summed E-state index contributed by atoms with van der Waals surface area (Å²) in [5, 5.41) is 20.6. The Hall–Kier alpha value is -3.10. The fourth-order valence-corrected chi connectivity index (χ4v) is 5.29. The highest BCUT2D eigenvalue weighted by Crippen LogP contribution is 2.33. The van der Waals surface area contributed by atoms with Gasteiger partial charge < -0.3 is 20.6 Å². The van der Waals surface area contributed by atoms with Gasteiger partial charge in [-0.05, 0) is 79.0 Å². The number of phenols is 1. The first-order valence-corrected chi connectivity index (χ1v) is 14.4. The Labute approximate surface area is 232 Å². The van der Waals surface area contributed by atoms with Crippen LogP contribution in [0, 0.1) is 6.92 Å². The Morgan fingerprint density at radius 2 is 1.92 bits per heavy atom. The first-order valence-electron chi connectivity index (χ1n) is 14.4. The molecule has 1 aromatic heterocycles. The van der Waals surface area contributed by atoms with Crippen molar-refractivity contribution in [2.45, 2.75) is 91.8 Å². The first-order chi connectivity index (χ1) is 18.6. The van der Waals surface area contributed by atoms with Gasteiger partial charge in [-0.2, -0.15) is 0 Å². The standard InChI is InChI=1S/C31H45N5O3/c1-6-7-11-24(29(38)33-26-15-14-22(28(37)21(26)2)20-32-31(3,4)5)23-12-10-13-25-27(23)34-36(30(25)39)19-18-35-16-8-9-17-35/h11-12,14-15,32,34,37H,6-10,13,16-20H2,1-5H3,(H,33,38)/b24-11+. The number of nitrogens with one attached hydrogen (secondary N) is 3. The zero-order valence-corrected chi connectivity index (χ0v) is 24.2. The number of unbranched alkanes of at least 4 members (excludes halogenated alkanes) is 1. The second kappa shape index (κ2) is 12.4. The number of aromatic amines is 1. The van der Waals surface area contributed by atoms with Gasteiger partial charge in [0.25, 0.3) is 11.5 Å². The molecule has 0 saturated carbocycles. The lowest BCUT2D eigenvalue weighted by atomic mass is 9.90. The third kappa shape index (κ3) is 6.92. The Kier molecular flexibility index (Phi) is 9.18. The Morgan fingerprint density at radius 1 is 1.18 bits per heavy atom. The number of carbonyl (C=O) groups excluding carboxylic acids is 1. The minimum Gasteiger partial charge on any atom is -0.507 e. The summed E-state index contributed by atoms with van der Waals surface area (Å²) in [5.41, 5.74) is 4.79. The number of fused-ring (bicyclic) bond motifs is 1. The second-order valence-electron chi connectivity index (χ2n) is 11.8. The minimum atomic E-state index is -0.240. The van der Waals surface area contributed by atoms with E-state index < -0.39 is 0 Å². The van der Waals surface area contributed by atoms with E-state index in [0.717, 1.165) is 54.9 Å². The van der Waals surface area contributed by atoms with Crippen molar-refractivity contribution < 1.29 is 9.90 Å². The van der Waals surface area contributed by atoms with Crippen LogP contribution in [-0.2, 0) is 24.3 Å². The molecule has 1 aliphatic carbocycles. The zero-order valence-electron chi connectivity index (χ0n) is 24.2. The van der Waals surface area contributed by atoms with Crippen LogP contribution in [0.4, 0.5) is 5.69 Å². The van der Waals surface area contributed by atoms with Gasteiger partial charge in [0.2, 0.25) is 0 Å². The van der Waals surface area contributed by atoms with Crippen molar-refractivity contribution >= 4 is 17.2 Å². The maximum absolute atomic E-state index is 13.7. The third-order valence-electron chi connectivity index (χ3n) is 7.65. The van der Waals surface area contributed by atoms with Gasteiger partial charge in [-0.1, -0.05) is 31.6 Å². The lowest BCUT2D eigenvalue weighted by Crippen LogP contribution is -2.35. The van der Waals surface area contributed by atoms with Gasteiger partial charge in [0, 0.05) is 52.2 Å². The predicted octanol–water partition coefficient (Wildman–Crippen LogP) is 4.87. The van der Waals surface area contributed by atoms with Crippen LogP contribution >= 0.6 is 0 Å². The number of aromatic hydroxyl groups is 1. The average molecular weight is 536 g/mol. The van der Waals surface area contributed by atoms with E-state index in [-0.39, 0.29) is 22.8 Å². The van der Waals surface area contributed by atoms with Crippen LogP contribution in [0.15, 0.2) is 34.7 Å². The number of aromatic nitrogens is 2. The number of carbonyl (C=O) groups is 1. The van der Waals surface area contributed by atoms with Gasteiger partial charge in [0.15, 0.2) is 0 Å². The molecule has 8 nitrogen and oxygen atoms in total. The number of allylic oxidation sites excluding steroid dienone is 2. The Bertz CT molecular complexity index is 1300. The summed E-state index contributed by atoms with van der Waals surface area (Å²) in [7, 11) is 0. The molecule has 1 aromatic carbocycles. The van der Waals surface area contributed by atoms with Gasteiger partial charge in [-0.25, -0.2) is 0 Å². The number of rotatable bonds is 10. The van der Waals surface area contributed by atoms with Crippen molar-refractivity contribution in [3.05, 3.63) is 62.6 Å². The number of H-pyrrole nitrogens is 1. The maximum Gasteiger partial charge on any atom is 0.270 e. The molecule has 1 amide bonds. The molecule has 1 saturated heterocycles. The van der Waals surface area contributed by atoms with Crippen LogP contribution in [0.25, 0.3) is 5.57 Å². The molecule has 4 rings (SSSR count). The molecular formula is C31H45N5O3. The predicted molar refractivity (Wildman–Crippen MR) is 158 cm³/mol. The molecule has 39 heavy (non-hydrogen) atoms. The molecule has 2 aliphatic rings. The van der Waals surface area contributed by atoms with E-state index in [1.165, 1.54) is 12.8 Å². The van der Waals surface area contributed by atoms with Crippen LogP contribution in [0.1, 0.15) is 82.2 Å². The van der Waals surface area contributed by atoms with E-state index in [0.29, 0.717) is 42.8 Å². The van der Waals surface area contributed by atoms with Crippen LogP contribution in [0.2, 0.25) is 0 Å². The summed E-state index contributed by atoms with van der Waals surface area (Å²) in [6, 6.07) is 3.70. The minimum absolute atomic E-state index is 0.0188. The molecule has 0 radical (unpaired) electrons. The molecule has 0 spiro atoms. The highest BCUT2D eigenvalue weighted by atomic mass is 16.3. The number of nitrogens with zero attached hydrogens (tertiary/aromatic N) is 2. The number of anilines is 1. The highest BCUT2D eigenvalue weighted by Gasteiger charge is 2.26. The Morgan fingerprint density at radius 3 is 2.62 bits per heavy atom. The van der Waals surface area contributed by atoms with Crippen LogP contribution in [0.3, 0.4) is 0 Å². The number of amides is 1. The number of benzene rings is 1. The van der Waals surface area contributed by atoms with E-state index in [2.05, 4.69) is 54.4 Å². The number of hydrogen-bond acceptors (Lipinski definition) is 5. The largest absolute Gasteiger partial charge is 0.507 e. The highest BCUT2D eigenvalue weighted by molar-refractivity contribution is 6.15. The first kappa shape index (κ1) is 28.9. The van der Waals surface area contributed by atoms with Gasteiger partial charge in [0.1, 0.15) is 5.75 Å². The SMILES string of the molecule is CCC/C=C(/C(=O)Nc1ccc(CNC(C)(C)C)c(O)c1C)C1=CCCc2c1[nH]n(CCN1CCCC1)c2=O. The number of hydrogen-bond donors (Lipinski definition) is 4. The van der Waals surface area contributed by atoms with Crippen molar-refractivity contribution in [3.8, 4) is 5.75 Å². The lowest BCUT2D eigenvalue weighted by Gasteiger charge is -2.22. The number of phenolic OH excluding ortho intramolecular Hbond substituents is 1. The normalized spacial score (nSPS) is 16.3. The van der Waals surface area contributed by atoms with Gasteiger partial charge in [-0.3, -0.25) is 19.4 Å². The molecule has 2 heterocycles. The van der Waals surface area contributed by atoms with Crippen molar-refractivity contribution in [2.24, 2.45) is 0 Å². The molecule has 0 atom stereocenters. The molecule has 1 aliphatic heterocycles.